The first-order valence-electron chi connectivity index (χ1n) is 7.72. The zero-order valence-electron chi connectivity index (χ0n) is 14.1. The molecule has 0 unspecified atom stereocenters. The van der Waals surface area contributed by atoms with Gasteiger partial charge in [-0.25, -0.2) is 13.9 Å². The van der Waals surface area contributed by atoms with E-state index in [0.717, 1.165) is 6.08 Å². The van der Waals surface area contributed by atoms with E-state index < -0.39 is 26.7 Å². The monoisotopic (exact) mass is 403 g/mol. The van der Waals surface area contributed by atoms with E-state index in [0.29, 0.717) is 5.56 Å². The predicted molar refractivity (Wildman–Crippen MR) is 92.8 cm³/mol. The number of carbonyl (C=O) groups is 1. The zero-order chi connectivity index (χ0) is 20.1. The maximum absolute atomic E-state index is 12.7. The summed E-state index contributed by atoms with van der Waals surface area (Å²) in [6.07, 6.45) is 2.54. The molecule has 0 radical (unpaired) electrons. The van der Waals surface area contributed by atoms with Crippen molar-refractivity contribution in [3.63, 3.8) is 0 Å². The number of hydrogen-bond donors (Lipinski definition) is 2. The highest BCUT2D eigenvalue weighted by molar-refractivity contribution is 7.91. The summed E-state index contributed by atoms with van der Waals surface area (Å²) in [5.74, 6) is -1.03. The molecule has 10 nitrogen and oxygen atoms in total. The highest BCUT2D eigenvalue weighted by Gasteiger charge is 2.36. The van der Waals surface area contributed by atoms with E-state index in [1.807, 2.05) is 0 Å². The molecule has 0 fully saturated rings. The number of aromatic nitrogens is 2. The molecule has 0 atom stereocenters. The molecule has 0 bridgehead atoms. The smallest absolute Gasteiger partial charge is 0.415 e. The van der Waals surface area contributed by atoms with Gasteiger partial charge >= 0.3 is 10.9 Å². The summed E-state index contributed by atoms with van der Waals surface area (Å²) in [7, 11) is -4.22. The van der Waals surface area contributed by atoms with Crippen LogP contribution >= 0.6 is 0 Å². The van der Waals surface area contributed by atoms with Crippen LogP contribution in [0, 0.1) is 5.21 Å². The van der Waals surface area contributed by atoms with Crippen molar-refractivity contribution in [3.05, 3.63) is 71.4 Å². The van der Waals surface area contributed by atoms with E-state index in [-0.39, 0.29) is 15.5 Å². The first-order chi connectivity index (χ1) is 13.4. The van der Waals surface area contributed by atoms with Crippen LogP contribution in [0.5, 0.6) is 11.6 Å². The van der Waals surface area contributed by atoms with Gasteiger partial charge in [0.25, 0.3) is 15.7 Å². The third kappa shape index (κ3) is 4.00. The van der Waals surface area contributed by atoms with E-state index in [4.69, 9.17) is 9.94 Å². The van der Waals surface area contributed by atoms with Gasteiger partial charge in [0.15, 0.2) is 0 Å². The van der Waals surface area contributed by atoms with Crippen LogP contribution in [-0.4, -0.2) is 24.7 Å². The standard InChI is InChI=1S/C17H13N3O7S/c21-15(18-22)11-8-12-6-9-13(10-7-12)26-16-17(20(23)27-19-16)28(24,25)14-4-2-1-3-5-14/h1-11,22H,(H,18,21)/b11-8+. The van der Waals surface area contributed by atoms with Gasteiger partial charge in [0.05, 0.1) is 10.1 Å². The van der Waals surface area contributed by atoms with Crippen molar-refractivity contribution in [2.24, 2.45) is 0 Å². The summed E-state index contributed by atoms with van der Waals surface area (Å²) >= 11 is 0. The van der Waals surface area contributed by atoms with Crippen LogP contribution in [0.3, 0.4) is 0 Å². The van der Waals surface area contributed by atoms with Crippen molar-refractivity contribution in [2.75, 3.05) is 0 Å². The molecule has 3 rings (SSSR count). The first kappa shape index (κ1) is 19.1. The topological polar surface area (TPSA) is 146 Å². The number of nitrogens with zero attached hydrogens (tertiary/aromatic N) is 2. The van der Waals surface area contributed by atoms with Crippen LogP contribution in [0.25, 0.3) is 6.08 Å². The number of rotatable bonds is 6. The van der Waals surface area contributed by atoms with E-state index in [1.54, 1.807) is 18.2 Å². The van der Waals surface area contributed by atoms with Crippen molar-refractivity contribution >= 4 is 21.8 Å². The van der Waals surface area contributed by atoms with Gasteiger partial charge < -0.3 is 9.94 Å². The Morgan fingerprint density at radius 2 is 1.86 bits per heavy atom. The number of ether oxygens (including phenoxy) is 1. The summed E-state index contributed by atoms with van der Waals surface area (Å²) in [5, 5.41) is 22.9. The molecule has 28 heavy (non-hydrogen) atoms. The average Bonchev–Trinajstić information content (AvgIpc) is 3.08. The highest BCUT2D eigenvalue weighted by Crippen LogP contribution is 2.28. The third-order valence-electron chi connectivity index (χ3n) is 3.49. The molecule has 1 heterocycles. The molecule has 0 aliphatic carbocycles. The maximum Gasteiger partial charge on any atom is 0.420 e. The summed E-state index contributed by atoms with van der Waals surface area (Å²) in [5.41, 5.74) is 2.06. The second-order valence-electron chi connectivity index (χ2n) is 5.34. The lowest BCUT2D eigenvalue weighted by Crippen LogP contribution is -2.30. The molecule has 2 aromatic carbocycles. The Kier molecular flexibility index (Phi) is 5.38. The molecule has 144 valence electrons. The van der Waals surface area contributed by atoms with Crippen molar-refractivity contribution in [1.29, 1.82) is 0 Å². The fourth-order valence-electron chi connectivity index (χ4n) is 2.18. The fourth-order valence-corrected chi connectivity index (χ4v) is 3.46. The number of hydrogen-bond acceptors (Lipinski definition) is 8. The Labute approximate surface area is 158 Å². The molecule has 2 N–H and O–H groups in total. The summed E-state index contributed by atoms with van der Waals surface area (Å²) in [4.78, 5) is 10.6. The molecule has 11 heteroatoms. The van der Waals surface area contributed by atoms with Crippen LogP contribution < -0.4 is 15.1 Å². The Bertz CT molecular complexity index is 1110. The van der Waals surface area contributed by atoms with Crippen molar-refractivity contribution < 1.29 is 32.7 Å². The van der Waals surface area contributed by atoms with E-state index in [2.05, 4.69) is 9.79 Å². The Balaban J connectivity index is 1.87. The van der Waals surface area contributed by atoms with Gasteiger partial charge in [0.2, 0.25) is 0 Å². The molecule has 0 spiro atoms. The SMILES string of the molecule is O=C(/C=C/c1ccc(Oc2no[n+]([O-])c2S(=O)(=O)c2ccccc2)cc1)NO. The molecule has 0 saturated heterocycles. The quantitative estimate of drug-likeness (QED) is 0.272. The third-order valence-corrected chi connectivity index (χ3v) is 5.21. The number of amides is 1. The van der Waals surface area contributed by atoms with Crippen LogP contribution in [0.4, 0.5) is 0 Å². The molecule has 0 aliphatic heterocycles. The second-order valence-corrected chi connectivity index (χ2v) is 7.20. The van der Waals surface area contributed by atoms with E-state index in [1.165, 1.54) is 48.0 Å². The lowest BCUT2D eigenvalue weighted by molar-refractivity contribution is -0.832. The van der Waals surface area contributed by atoms with Gasteiger partial charge in [-0.3, -0.25) is 14.6 Å². The van der Waals surface area contributed by atoms with Crippen LogP contribution in [0.15, 0.2) is 75.2 Å². The zero-order valence-corrected chi connectivity index (χ0v) is 14.9. The molecular weight excluding hydrogens is 390 g/mol. The largest absolute Gasteiger partial charge is 0.420 e. The van der Waals surface area contributed by atoms with Crippen molar-refractivity contribution in [2.45, 2.75) is 9.92 Å². The molecule has 1 aromatic heterocycles. The molecule has 3 aromatic rings. The fraction of sp³-hybridized carbons (Fsp3) is 0. The molecule has 0 aliphatic rings. The lowest BCUT2D eigenvalue weighted by atomic mass is 10.2. The lowest BCUT2D eigenvalue weighted by Gasteiger charge is -2.03. The molecule has 0 saturated carbocycles. The van der Waals surface area contributed by atoms with Gasteiger partial charge in [0.1, 0.15) is 5.75 Å². The van der Waals surface area contributed by atoms with Crippen LogP contribution in [0.2, 0.25) is 0 Å². The van der Waals surface area contributed by atoms with Gasteiger partial charge in [0, 0.05) is 6.08 Å². The minimum atomic E-state index is -4.22. The average molecular weight is 403 g/mol. The van der Waals surface area contributed by atoms with Gasteiger partial charge in [-0.15, -0.1) is 0 Å². The van der Waals surface area contributed by atoms with E-state index in [9.17, 15) is 18.4 Å². The number of benzene rings is 2. The minimum Gasteiger partial charge on any atom is -0.415 e. The number of sulfone groups is 1. The van der Waals surface area contributed by atoms with Crippen molar-refractivity contribution in [3.8, 4) is 11.6 Å². The van der Waals surface area contributed by atoms with Crippen LogP contribution in [0.1, 0.15) is 5.56 Å². The Morgan fingerprint density at radius 1 is 1.18 bits per heavy atom. The van der Waals surface area contributed by atoms with E-state index >= 15 is 0 Å². The highest BCUT2D eigenvalue weighted by atomic mass is 32.2. The van der Waals surface area contributed by atoms with Gasteiger partial charge in [-0.1, -0.05) is 30.3 Å². The second kappa shape index (κ2) is 7.90. The van der Waals surface area contributed by atoms with Gasteiger partial charge in [-0.2, -0.15) is 0 Å². The van der Waals surface area contributed by atoms with Crippen molar-refractivity contribution in [1.82, 2.24) is 10.6 Å². The van der Waals surface area contributed by atoms with Crippen LogP contribution in [-0.2, 0) is 14.6 Å². The molecule has 1 amide bonds. The Hall–Kier alpha value is -3.70. The summed E-state index contributed by atoms with van der Waals surface area (Å²) in [6.45, 7) is 0. The summed E-state index contributed by atoms with van der Waals surface area (Å²) in [6, 6.07) is 13.4. The maximum atomic E-state index is 12.7. The predicted octanol–water partition coefficient (Wildman–Crippen LogP) is 1.45. The van der Waals surface area contributed by atoms with Gasteiger partial charge in [-0.05, 0) is 40.8 Å². The Morgan fingerprint density at radius 3 is 2.50 bits per heavy atom. The normalized spacial score (nSPS) is 11.5. The first-order valence-corrected chi connectivity index (χ1v) is 9.20. The minimum absolute atomic E-state index is 0.115. The number of hydroxylamine groups is 1. The summed E-state index contributed by atoms with van der Waals surface area (Å²) < 4.78 is 35.2. The number of nitrogens with one attached hydrogen (secondary N) is 1. The molecular formula is C17H13N3O7S. The number of carbonyl (C=O) groups excluding carboxylic acids is 1.